The van der Waals surface area contributed by atoms with Gasteiger partial charge in [-0.25, -0.2) is 0 Å². The van der Waals surface area contributed by atoms with E-state index in [0.717, 1.165) is 25.5 Å². The van der Waals surface area contributed by atoms with Crippen LogP contribution < -0.4 is 5.32 Å². The number of nitrogens with one attached hydrogen (secondary N) is 1. The van der Waals surface area contributed by atoms with Gasteiger partial charge in [-0.1, -0.05) is 11.6 Å². The standard InChI is InChI=1S/C8H10ClN3O/c9-7-1-2-8(12-11-7)10-6-3-4-13-5-6/h1-2,6H,3-5H2,(H,10,12). The Hall–Kier alpha value is -0.870. The van der Waals surface area contributed by atoms with Crippen LogP contribution in [-0.4, -0.2) is 29.5 Å². The number of halogens is 1. The Morgan fingerprint density at radius 3 is 3.00 bits per heavy atom. The van der Waals surface area contributed by atoms with E-state index in [1.807, 2.05) is 6.07 Å². The number of nitrogens with zero attached hydrogens (tertiary/aromatic N) is 2. The van der Waals surface area contributed by atoms with Crippen LogP contribution in [-0.2, 0) is 4.74 Å². The SMILES string of the molecule is Clc1ccc(NC2CCOC2)nn1. The molecule has 0 spiro atoms. The largest absolute Gasteiger partial charge is 0.379 e. The molecule has 2 heterocycles. The van der Waals surface area contributed by atoms with Gasteiger partial charge >= 0.3 is 0 Å². The fourth-order valence-electron chi connectivity index (χ4n) is 1.25. The Labute approximate surface area is 81.3 Å². The molecule has 5 heteroatoms. The molecule has 1 aliphatic rings. The molecule has 0 saturated carbocycles. The van der Waals surface area contributed by atoms with Crippen molar-refractivity contribution in [2.75, 3.05) is 18.5 Å². The molecule has 1 N–H and O–H groups in total. The molecule has 0 amide bonds. The van der Waals surface area contributed by atoms with E-state index in [1.165, 1.54) is 0 Å². The summed E-state index contributed by atoms with van der Waals surface area (Å²) in [6.07, 6.45) is 1.02. The summed E-state index contributed by atoms with van der Waals surface area (Å²) in [4.78, 5) is 0. The molecule has 70 valence electrons. The molecule has 0 aromatic carbocycles. The third kappa shape index (κ3) is 2.29. The maximum absolute atomic E-state index is 5.60. The first kappa shape index (κ1) is 8.72. The average Bonchev–Trinajstić information content (AvgIpc) is 2.62. The summed E-state index contributed by atoms with van der Waals surface area (Å²) in [5.41, 5.74) is 0. The van der Waals surface area contributed by atoms with Crippen LogP contribution in [0.4, 0.5) is 5.82 Å². The van der Waals surface area contributed by atoms with Gasteiger partial charge in [-0.3, -0.25) is 0 Å². The summed E-state index contributed by atoms with van der Waals surface area (Å²) < 4.78 is 5.22. The van der Waals surface area contributed by atoms with Crippen molar-refractivity contribution in [1.29, 1.82) is 0 Å². The third-order valence-electron chi connectivity index (χ3n) is 1.91. The first-order valence-corrected chi connectivity index (χ1v) is 4.56. The van der Waals surface area contributed by atoms with Crippen LogP contribution in [0.3, 0.4) is 0 Å². The molecular formula is C8H10ClN3O. The second kappa shape index (κ2) is 3.89. The summed E-state index contributed by atoms with van der Waals surface area (Å²) in [5, 5.41) is 11.2. The molecule has 1 aromatic rings. The Morgan fingerprint density at radius 2 is 2.38 bits per heavy atom. The third-order valence-corrected chi connectivity index (χ3v) is 2.12. The zero-order valence-corrected chi connectivity index (χ0v) is 7.79. The van der Waals surface area contributed by atoms with Crippen molar-refractivity contribution in [3.05, 3.63) is 17.3 Å². The van der Waals surface area contributed by atoms with Crippen LogP contribution in [0.2, 0.25) is 5.15 Å². The summed E-state index contributed by atoms with van der Waals surface area (Å²) in [5.74, 6) is 0.750. The van der Waals surface area contributed by atoms with E-state index in [9.17, 15) is 0 Å². The second-order valence-electron chi connectivity index (χ2n) is 2.95. The zero-order chi connectivity index (χ0) is 9.10. The smallest absolute Gasteiger partial charge is 0.151 e. The molecule has 1 atom stereocenters. The van der Waals surface area contributed by atoms with Gasteiger partial charge in [-0.2, -0.15) is 0 Å². The summed E-state index contributed by atoms with van der Waals surface area (Å²) in [6, 6.07) is 3.89. The highest BCUT2D eigenvalue weighted by atomic mass is 35.5. The lowest BCUT2D eigenvalue weighted by atomic mass is 10.2. The highest BCUT2D eigenvalue weighted by Crippen LogP contribution is 2.11. The number of rotatable bonds is 2. The second-order valence-corrected chi connectivity index (χ2v) is 3.33. The Bertz CT molecular complexity index is 271. The first-order valence-electron chi connectivity index (χ1n) is 4.18. The Morgan fingerprint density at radius 1 is 1.46 bits per heavy atom. The van der Waals surface area contributed by atoms with Crippen molar-refractivity contribution in [3.8, 4) is 0 Å². The van der Waals surface area contributed by atoms with Gasteiger partial charge in [0.2, 0.25) is 0 Å². The molecule has 0 bridgehead atoms. The van der Waals surface area contributed by atoms with Gasteiger partial charge in [0.25, 0.3) is 0 Å². The molecule has 1 saturated heterocycles. The minimum Gasteiger partial charge on any atom is -0.379 e. The monoisotopic (exact) mass is 199 g/mol. The van der Waals surface area contributed by atoms with Crippen LogP contribution in [0.15, 0.2) is 12.1 Å². The molecule has 1 fully saturated rings. The lowest BCUT2D eigenvalue weighted by molar-refractivity contribution is 0.195. The quantitative estimate of drug-likeness (QED) is 0.781. The fraction of sp³-hybridized carbons (Fsp3) is 0.500. The van der Waals surface area contributed by atoms with E-state index in [2.05, 4.69) is 15.5 Å². The van der Waals surface area contributed by atoms with E-state index in [-0.39, 0.29) is 0 Å². The van der Waals surface area contributed by atoms with E-state index in [4.69, 9.17) is 16.3 Å². The van der Waals surface area contributed by atoms with E-state index < -0.39 is 0 Å². The number of hydrogen-bond donors (Lipinski definition) is 1. The van der Waals surface area contributed by atoms with Gasteiger partial charge in [-0.15, -0.1) is 10.2 Å². The van der Waals surface area contributed by atoms with Crippen molar-refractivity contribution in [1.82, 2.24) is 10.2 Å². The van der Waals surface area contributed by atoms with Gasteiger partial charge in [0.1, 0.15) is 5.82 Å². The van der Waals surface area contributed by atoms with Crippen LogP contribution in [0, 0.1) is 0 Å². The Kier molecular flexibility index (Phi) is 2.61. The topological polar surface area (TPSA) is 47.0 Å². The highest BCUT2D eigenvalue weighted by Gasteiger charge is 2.15. The first-order chi connectivity index (χ1) is 6.34. The van der Waals surface area contributed by atoms with Crippen molar-refractivity contribution in [3.63, 3.8) is 0 Å². The fourth-order valence-corrected chi connectivity index (χ4v) is 1.35. The van der Waals surface area contributed by atoms with Crippen molar-refractivity contribution < 1.29 is 4.74 Å². The van der Waals surface area contributed by atoms with Crippen LogP contribution in [0.5, 0.6) is 0 Å². The molecule has 1 aromatic heterocycles. The van der Waals surface area contributed by atoms with Crippen molar-refractivity contribution >= 4 is 17.4 Å². The minimum absolute atomic E-state index is 0.357. The molecule has 1 unspecified atom stereocenters. The van der Waals surface area contributed by atoms with Crippen molar-refractivity contribution in [2.45, 2.75) is 12.5 Å². The van der Waals surface area contributed by atoms with Gasteiger partial charge < -0.3 is 10.1 Å². The molecule has 0 radical (unpaired) electrons. The van der Waals surface area contributed by atoms with E-state index in [0.29, 0.717) is 11.2 Å². The van der Waals surface area contributed by atoms with E-state index in [1.54, 1.807) is 6.07 Å². The molecule has 2 rings (SSSR count). The van der Waals surface area contributed by atoms with Gasteiger partial charge in [0.15, 0.2) is 5.15 Å². The number of anilines is 1. The van der Waals surface area contributed by atoms with Gasteiger partial charge in [0.05, 0.1) is 12.6 Å². The Balaban J connectivity index is 1.97. The lowest BCUT2D eigenvalue weighted by Gasteiger charge is -2.09. The van der Waals surface area contributed by atoms with Gasteiger partial charge in [0, 0.05) is 6.61 Å². The lowest BCUT2D eigenvalue weighted by Crippen LogP contribution is -2.19. The van der Waals surface area contributed by atoms with Crippen molar-refractivity contribution in [2.24, 2.45) is 0 Å². The number of ether oxygens (including phenoxy) is 1. The number of hydrogen-bond acceptors (Lipinski definition) is 4. The van der Waals surface area contributed by atoms with E-state index >= 15 is 0 Å². The normalized spacial score (nSPS) is 21.8. The molecule has 1 aliphatic heterocycles. The molecule has 0 aliphatic carbocycles. The summed E-state index contributed by atoms with van der Waals surface area (Å²) in [6.45, 7) is 1.56. The molecular weight excluding hydrogens is 190 g/mol. The van der Waals surface area contributed by atoms with Crippen LogP contribution >= 0.6 is 11.6 Å². The van der Waals surface area contributed by atoms with Gasteiger partial charge in [-0.05, 0) is 18.6 Å². The highest BCUT2D eigenvalue weighted by molar-refractivity contribution is 6.29. The maximum Gasteiger partial charge on any atom is 0.151 e. The van der Waals surface area contributed by atoms with Crippen LogP contribution in [0.1, 0.15) is 6.42 Å². The summed E-state index contributed by atoms with van der Waals surface area (Å²) >= 11 is 5.60. The molecule has 4 nitrogen and oxygen atoms in total. The maximum atomic E-state index is 5.60. The summed E-state index contributed by atoms with van der Waals surface area (Å²) in [7, 11) is 0. The predicted molar refractivity (Wildman–Crippen MR) is 49.9 cm³/mol. The number of aromatic nitrogens is 2. The zero-order valence-electron chi connectivity index (χ0n) is 7.03. The predicted octanol–water partition coefficient (Wildman–Crippen LogP) is 1.33. The molecule has 13 heavy (non-hydrogen) atoms. The minimum atomic E-state index is 0.357. The average molecular weight is 200 g/mol. The van der Waals surface area contributed by atoms with Crippen LogP contribution in [0.25, 0.3) is 0 Å².